The van der Waals surface area contributed by atoms with Crippen LogP contribution in [0.25, 0.3) is 0 Å². The number of nitrogens with zero attached hydrogens (tertiary/aromatic N) is 2. The minimum atomic E-state index is -4.19. The van der Waals surface area contributed by atoms with Crippen molar-refractivity contribution in [2.75, 3.05) is 12.3 Å². The molecule has 120 valence electrons. The molecule has 3 rings (SSSR count). The first-order valence-corrected chi connectivity index (χ1v) is 8.26. The average Bonchev–Trinajstić information content (AvgIpc) is 2.79. The molecule has 0 bridgehead atoms. The first kappa shape index (κ1) is 16.8. The second-order valence-electron chi connectivity index (χ2n) is 4.62. The largest absolute Gasteiger partial charge is 0.285 e. The van der Waals surface area contributed by atoms with Gasteiger partial charge in [0.25, 0.3) is 21.9 Å². The third-order valence-corrected chi connectivity index (χ3v) is 3.72. The van der Waals surface area contributed by atoms with Crippen LogP contribution in [-0.4, -0.2) is 47.0 Å². The summed E-state index contributed by atoms with van der Waals surface area (Å²) in [6.07, 6.45) is 3.50. The molecule has 0 radical (unpaired) electrons. The number of carbonyl (C=O) groups excluding carboxylic acids is 2. The number of aromatic nitrogens is 1. The lowest BCUT2D eigenvalue weighted by Crippen LogP contribution is -2.34. The van der Waals surface area contributed by atoms with E-state index in [0.29, 0.717) is 0 Å². The molecule has 1 N–H and O–H groups in total. The number of rotatable bonds is 3. The van der Waals surface area contributed by atoms with Crippen LogP contribution in [0.2, 0.25) is 0 Å². The van der Waals surface area contributed by atoms with Crippen molar-refractivity contribution < 1.29 is 22.6 Å². The summed E-state index contributed by atoms with van der Waals surface area (Å²) in [5.74, 6) is -1.72. The fourth-order valence-electron chi connectivity index (χ4n) is 1.96. The van der Waals surface area contributed by atoms with Gasteiger partial charge in [-0.15, -0.1) is 0 Å². The molecule has 1 aromatic heterocycles. The number of benzene rings is 1. The summed E-state index contributed by atoms with van der Waals surface area (Å²) in [4.78, 5) is 28.1. The Labute approximate surface area is 133 Å². The Hall–Kier alpha value is -2.58. The lowest BCUT2D eigenvalue weighted by atomic mass is 10.1. The molecule has 2 heterocycles. The normalized spacial score (nSPS) is 13.3. The highest BCUT2D eigenvalue weighted by molar-refractivity contribution is 7.85. The fourth-order valence-corrected chi connectivity index (χ4v) is 2.37. The SMILES string of the molecule is O=C1c2ccccc2C(=O)N1CCS(=O)(=O)O.c1ccncc1. The van der Waals surface area contributed by atoms with Gasteiger partial charge < -0.3 is 0 Å². The summed E-state index contributed by atoms with van der Waals surface area (Å²) in [6.45, 7) is -0.342. The van der Waals surface area contributed by atoms with E-state index >= 15 is 0 Å². The van der Waals surface area contributed by atoms with Crippen LogP contribution < -0.4 is 0 Å². The van der Waals surface area contributed by atoms with Gasteiger partial charge in [0.05, 0.1) is 16.9 Å². The second kappa shape index (κ2) is 7.12. The Morgan fingerprint density at radius 2 is 1.43 bits per heavy atom. The van der Waals surface area contributed by atoms with Crippen molar-refractivity contribution in [2.45, 2.75) is 0 Å². The summed E-state index contributed by atoms with van der Waals surface area (Å²) in [5.41, 5.74) is 0.515. The molecule has 2 aromatic rings. The zero-order chi connectivity index (χ0) is 16.9. The zero-order valence-electron chi connectivity index (χ0n) is 12.0. The Morgan fingerprint density at radius 1 is 0.913 bits per heavy atom. The maximum atomic E-state index is 11.8. The molecule has 0 fully saturated rings. The van der Waals surface area contributed by atoms with Gasteiger partial charge in [0.2, 0.25) is 0 Å². The number of hydrogen-bond acceptors (Lipinski definition) is 5. The number of pyridine rings is 1. The van der Waals surface area contributed by atoms with E-state index in [9.17, 15) is 18.0 Å². The van der Waals surface area contributed by atoms with E-state index < -0.39 is 27.7 Å². The molecule has 23 heavy (non-hydrogen) atoms. The quantitative estimate of drug-likeness (QED) is 0.669. The minimum Gasteiger partial charge on any atom is -0.285 e. The van der Waals surface area contributed by atoms with Crippen molar-refractivity contribution in [1.29, 1.82) is 0 Å². The van der Waals surface area contributed by atoms with Gasteiger partial charge in [-0.25, -0.2) is 0 Å². The van der Waals surface area contributed by atoms with E-state index in [1.807, 2.05) is 18.2 Å². The van der Waals surface area contributed by atoms with Crippen LogP contribution in [-0.2, 0) is 10.1 Å². The van der Waals surface area contributed by atoms with Gasteiger partial charge in [0.15, 0.2) is 0 Å². The molecule has 1 aliphatic rings. The molecule has 8 heteroatoms. The molecule has 0 aliphatic carbocycles. The summed E-state index contributed by atoms with van der Waals surface area (Å²) in [7, 11) is -4.19. The second-order valence-corrected chi connectivity index (χ2v) is 6.19. The molecule has 0 spiro atoms. The van der Waals surface area contributed by atoms with Crippen molar-refractivity contribution in [2.24, 2.45) is 0 Å². The zero-order valence-corrected chi connectivity index (χ0v) is 12.8. The monoisotopic (exact) mass is 334 g/mol. The highest BCUT2D eigenvalue weighted by Crippen LogP contribution is 2.21. The number of imide groups is 1. The molecule has 0 saturated carbocycles. The van der Waals surface area contributed by atoms with Crippen molar-refractivity contribution in [3.8, 4) is 0 Å². The van der Waals surface area contributed by atoms with Gasteiger partial charge in [-0.1, -0.05) is 18.2 Å². The number of carbonyl (C=O) groups is 2. The lowest BCUT2D eigenvalue weighted by Gasteiger charge is -2.11. The Balaban J connectivity index is 0.000000268. The van der Waals surface area contributed by atoms with Crippen molar-refractivity contribution in [3.63, 3.8) is 0 Å². The van der Waals surface area contributed by atoms with E-state index in [1.54, 1.807) is 24.5 Å². The van der Waals surface area contributed by atoms with Gasteiger partial charge in [-0.2, -0.15) is 8.42 Å². The summed E-state index contributed by atoms with van der Waals surface area (Å²) in [5, 5.41) is 0. The van der Waals surface area contributed by atoms with Crippen LogP contribution >= 0.6 is 0 Å². The predicted molar refractivity (Wildman–Crippen MR) is 82.5 cm³/mol. The Bertz CT molecular complexity index is 744. The van der Waals surface area contributed by atoms with Crippen molar-refractivity contribution >= 4 is 21.9 Å². The first-order valence-electron chi connectivity index (χ1n) is 6.65. The van der Waals surface area contributed by atoms with Crippen LogP contribution in [0, 0.1) is 0 Å². The number of amides is 2. The highest BCUT2D eigenvalue weighted by atomic mass is 32.2. The van der Waals surface area contributed by atoms with Crippen LogP contribution in [0.15, 0.2) is 54.9 Å². The smallest absolute Gasteiger partial charge is 0.266 e. The molecule has 1 aromatic carbocycles. The first-order chi connectivity index (χ1) is 10.9. The van der Waals surface area contributed by atoms with Crippen molar-refractivity contribution in [3.05, 3.63) is 66.0 Å². The van der Waals surface area contributed by atoms with E-state index in [4.69, 9.17) is 4.55 Å². The van der Waals surface area contributed by atoms with Gasteiger partial charge >= 0.3 is 0 Å². The number of hydrogen-bond donors (Lipinski definition) is 1. The standard InChI is InChI=1S/C10H9NO5S.C5H5N/c12-9-7-3-1-2-4-8(7)10(13)11(9)5-6-17(14,15)16;1-2-4-6-5-3-1/h1-4H,5-6H2,(H,14,15,16);1-5H. The van der Waals surface area contributed by atoms with Crippen LogP contribution in [0.5, 0.6) is 0 Å². The van der Waals surface area contributed by atoms with Crippen molar-refractivity contribution in [1.82, 2.24) is 9.88 Å². The molecular formula is C15H14N2O5S. The van der Waals surface area contributed by atoms with E-state index in [2.05, 4.69) is 4.98 Å². The highest BCUT2D eigenvalue weighted by Gasteiger charge is 2.35. The molecule has 7 nitrogen and oxygen atoms in total. The minimum absolute atomic E-state index is 0.257. The van der Waals surface area contributed by atoms with E-state index in [0.717, 1.165) is 4.90 Å². The van der Waals surface area contributed by atoms with Crippen LogP contribution in [0.3, 0.4) is 0 Å². The Morgan fingerprint density at radius 3 is 1.78 bits per heavy atom. The third-order valence-electron chi connectivity index (χ3n) is 3.02. The molecule has 0 atom stereocenters. The summed E-state index contributed by atoms with van der Waals surface area (Å²) < 4.78 is 29.8. The maximum Gasteiger partial charge on any atom is 0.266 e. The summed E-state index contributed by atoms with van der Waals surface area (Å²) >= 11 is 0. The molecule has 2 amide bonds. The van der Waals surface area contributed by atoms with Gasteiger partial charge in [-0.3, -0.25) is 24.0 Å². The predicted octanol–water partition coefficient (Wildman–Crippen LogP) is 1.25. The van der Waals surface area contributed by atoms with Gasteiger partial charge in [0.1, 0.15) is 0 Å². The molecule has 0 unspecified atom stereocenters. The molecule has 1 aliphatic heterocycles. The van der Waals surface area contributed by atoms with E-state index in [-0.39, 0.29) is 17.7 Å². The number of fused-ring (bicyclic) bond motifs is 1. The van der Waals surface area contributed by atoms with E-state index in [1.165, 1.54) is 12.1 Å². The topological polar surface area (TPSA) is 105 Å². The maximum absolute atomic E-state index is 11.8. The molecule has 0 saturated heterocycles. The molecular weight excluding hydrogens is 320 g/mol. The average molecular weight is 334 g/mol. The van der Waals surface area contributed by atoms with Gasteiger partial charge in [0, 0.05) is 18.9 Å². The Kier molecular flexibility index (Phi) is 5.20. The van der Waals surface area contributed by atoms with Crippen LogP contribution in [0.4, 0.5) is 0 Å². The lowest BCUT2D eigenvalue weighted by molar-refractivity contribution is 0.0664. The van der Waals surface area contributed by atoms with Gasteiger partial charge in [-0.05, 0) is 24.3 Å². The summed E-state index contributed by atoms with van der Waals surface area (Å²) in [6, 6.07) is 12.0. The fraction of sp³-hybridized carbons (Fsp3) is 0.133. The third kappa shape index (κ3) is 4.44. The van der Waals surface area contributed by atoms with Crippen LogP contribution in [0.1, 0.15) is 20.7 Å².